The van der Waals surface area contributed by atoms with Crippen molar-refractivity contribution >= 4 is 33.3 Å². The van der Waals surface area contributed by atoms with Crippen LogP contribution in [-0.4, -0.2) is 48.5 Å². The summed E-state index contributed by atoms with van der Waals surface area (Å²) in [5.41, 5.74) is 0.921. The third-order valence-electron chi connectivity index (χ3n) is 2.46. The van der Waals surface area contributed by atoms with Crippen molar-refractivity contribution in [2.75, 3.05) is 32.6 Å². The number of carbonyl (C=O) groups excluding carboxylic acids is 1. The van der Waals surface area contributed by atoms with Crippen LogP contribution in [0.2, 0.25) is 0 Å². The van der Waals surface area contributed by atoms with Gasteiger partial charge < -0.3 is 9.80 Å². The topological polar surface area (TPSA) is 49.3 Å². The van der Waals surface area contributed by atoms with Crippen molar-refractivity contribution in [3.8, 4) is 0 Å². The first-order valence-corrected chi connectivity index (χ1v) is 6.07. The van der Waals surface area contributed by atoms with Crippen LogP contribution >= 0.6 is 11.3 Å². The summed E-state index contributed by atoms with van der Waals surface area (Å²) >= 11 is 1.59. The average Bonchev–Trinajstić information content (AvgIpc) is 2.76. The van der Waals surface area contributed by atoms with Crippen molar-refractivity contribution in [3.63, 3.8) is 0 Å². The van der Waals surface area contributed by atoms with E-state index in [2.05, 4.69) is 9.97 Å². The highest BCUT2D eigenvalue weighted by Crippen LogP contribution is 2.26. The molecular weight excluding hydrogens is 236 g/mol. The minimum atomic E-state index is 0.0517. The Labute approximate surface area is 104 Å². The molecule has 0 fully saturated rings. The molecule has 0 aromatic carbocycles. The molecule has 0 N–H and O–H groups in total. The molecule has 2 rings (SSSR count). The molecule has 0 aliphatic heterocycles. The van der Waals surface area contributed by atoms with Crippen molar-refractivity contribution in [3.05, 3.63) is 17.8 Å². The molecular formula is C11H14N4OS. The first-order valence-electron chi connectivity index (χ1n) is 5.19. The van der Waals surface area contributed by atoms with E-state index < -0.39 is 0 Å². The summed E-state index contributed by atoms with van der Waals surface area (Å²) < 4.78 is 1.02. The number of amides is 1. The first kappa shape index (κ1) is 11.8. The van der Waals surface area contributed by atoms with Gasteiger partial charge in [0.25, 0.3) is 0 Å². The monoisotopic (exact) mass is 250 g/mol. The zero-order valence-electron chi connectivity index (χ0n) is 10.0. The van der Waals surface area contributed by atoms with E-state index in [1.54, 1.807) is 30.3 Å². The van der Waals surface area contributed by atoms with Crippen molar-refractivity contribution in [2.45, 2.75) is 0 Å². The molecule has 2 aromatic heterocycles. The second-order valence-corrected chi connectivity index (χ2v) is 4.89. The normalized spacial score (nSPS) is 10.5. The SMILES string of the molecule is CN(C)C(=O)CN(C)c1ncnc2ccsc12. The maximum absolute atomic E-state index is 11.6. The molecule has 2 heterocycles. The van der Waals surface area contributed by atoms with Gasteiger partial charge in [0.2, 0.25) is 5.91 Å². The summed E-state index contributed by atoms with van der Waals surface area (Å²) in [6.45, 7) is 0.316. The van der Waals surface area contributed by atoms with Gasteiger partial charge in [-0.3, -0.25) is 4.79 Å². The Morgan fingerprint density at radius 1 is 1.35 bits per heavy atom. The highest BCUT2D eigenvalue weighted by molar-refractivity contribution is 7.17. The number of hydrogen-bond donors (Lipinski definition) is 0. The van der Waals surface area contributed by atoms with E-state index in [-0.39, 0.29) is 5.91 Å². The lowest BCUT2D eigenvalue weighted by molar-refractivity contribution is -0.127. The van der Waals surface area contributed by atoms with Crippen LogP contribution in [0.4, 0.5) is 5.82 Å². The zero-order valence-corrected chi connectivity index (χ0v) is 10.9. The van der Waals surface area contributed by atoms with Crippen molar-refractivity contribution in [1.82, 2.24) is 14.9 Å². The lowest BCUT2D eigenvalue weighted by atomic mass is 10.4. The Balaban J connectivity index is 2.27. The quantitative estimate of drug-likeness (QED) is 0.821. The number of aromatic nitrogens is 2. The minimum absolute atomic E-state index is 0.0517. The molecule has 0 unspecified atom stereocenters. The zero-order chi connectivity index (χ0) is 12.4. The largest absolute Gasteiger partial charge is 0.349 e. The molecule has 5 nitrogen and oxygen atoms in total. The van der Waals surface area contributed by atoms with E-state index in [4.69, 9.17) is 0 Å². The Bertz CT molecular complexity index is 537. The van der Waals surface area contributed by atoms with Gasteiger partial charge >= 0.3 is 0 Å². The summed E-state index contributed by atoms with van der Waals surface area (Å²) in [6, 6.07) is 1.95. The molecule has 17 heavy (non-hydrogen) atoms. The molecule has 0 aliphatic carbocycles. The number of nitrogens with zero attached hydrogens (tertiary/aromatic N) is 4. The average molecular weight is 250 g/mol. The third-order valence-corrected chi connectivity index (χ3v) is 3.36. The van der Waals surface area contributed by atoms with Gasteiger partial charge in [0, 0.05) is 21.1 Å². The number of anilines is 1. The summed E-state index contributed by atoms with van der Waals surface area (Å²) in [6.07, 6.45) is 1.53. The maximum Gasteiger partial charge on any atom is 0.241 e. The van der Waals surface area contributed by atoms with Crippen molar-refractivity contribution in [1.29, 1.82) is 0 Å². The van der Waals surface area contributed by atoms with Crippen LogP contribution in [0.1, 0.15) is 0 Å². The molecule has 0 bridgehead atoms. The molecule has 0 radical (unpaired) electrons. The Morgan fingerprint density at radius 2 is 2.12 bits per heavy atom. The molecule has 1 amide bonds. The number of fused-ring (bicyclic) bond motifs is 1. The fourth-order valence-electron chi connectivity index (χ4n) is 1.47. The standard InChI is InChI=1S/C11H14N4OS/c1-14(2)9(16)6-15(3)11-10-8(4-5-17-10)12-7-13-11/h4-5,7H,6H2,1-3H3. The summed E-state index contributed by atoms with van der Waals surface area (Å²) in [5.74, 6) is 0.857. The Kier molecular flexibility index (Phi) is 3.23. The fourth-order valence-corrected chi connectivity index (χ4v) is 2.36. The summed E-state index contributed by atoms with van der Waals surface area (Å²) in [7, 11) is 5.36. The van der Waals surface area contributed by atoms with E-state index in [1.165, 1.54) is 6.33 Å². The summed E-state index contributed by atoms with van der Waals surface area (Å²) in [4.78, 5) is 23.5. The number of carbonyl (C=O) groups is 1. The molecule has 6 heteroatoms. The number of rotatable bonds is 3. The number of hydrogen-bond acceptors (Lipinski definition) is 5. The molecule has 0 atom stereocenters. The van der Waals surface area contributed by atoms with Crippen LogP contribution < -0.4 is 4.90 Å². The predicted octanol–water partition coefficient (Wildman–Crippen LogP) is 1.22. The van der Waals surface area contributed by atoms with Gasteiger partial charge in [0.05, 0.1) is 16.8 Å². The van der Waals surface area contributed by atoms with Gasteiger partial charge in [0.15, 0.2) is 0 Å². The second-order valence-electron chi connectivity index (χ2n) is 3.98. The molecule has 0 spiro atoms. The van der Waals surface area contributed by atoms with Crippen molar-refractivity contribution < 1.29 is 4.79 Å². The smallest absolute Gasteiger partial charge is 0.241 e. The van der Waals surface area contributed by atoms with Crippen LogP contribution in [0.5, 0.6) is 0 Å². The van der Waals surface area contributed by atoms with Gasteiger partial charge in [-0.1, -0.05) is 0 Å². The molecule has 0 saturated heterocycles. The maximum atomic E-state index is 11.6. The second kappa shape index (κ2) is 4.67. The van der Waals surface area contributed by atoms with E-state index in [0.29, 0.717) is 6.54 Å². The van der Waals surface area contributed by atoms with Gasteiger partial charge in [-0.2, -0.15) is 0 Å². The minimum Gasteiger partial charge on any atom is -0.349 e. The third kappa shape index (κ3) is 2.36. The van der Waals surface area contributed by atoms with E-state index in [1.807, 2.05) is 23.4 Å². The Morgan fingerprint density at radius 3 is 2.82 bits per heavy atom. The number of thiophene rings is 1. The highest BCUT2D eigenvalue weighted by atomic mass is 32.1. The molecule has 2 aromatic rings. The molecule has 90 valence electrons. The summed E-state index contributed by atoms with van der Waals surface area (Å²) in [5, 5.41) is 1.98. The van der Waals surface area contributed by atoms with Crippen LogP contribution in [0.25, 0.3) is 10.2 Å². The van der Waals surface area contributed by atoms with Gasteiger partial charge in [-0.25, -0.2) is 9.97 Å². The number of likely N-dealkylation sites (N-methyl/N-ethyl adjacent to an activating group) is 2. The first-order chi connectivity index (χ1) is 8.09. The van der Waals surface area contributed by atoms with Gasteiger partial charge in [-0.05, 0) is 11.4 Å². The fraction of sp³-hybridized carbons (Fsp3) is 0.364. The van der Waals surface area contributed by atoms with Crippen LogP contribution in [-0.2, 0) is 4.79 Å². The van der Waals surface area contributed by atoms with Crippen molar-refractivity contribution in [2.24, 2.45) is 0 Å². The van der Waals surface area contributed by atoms with Crippen LogP contribution in [0.3, 0.4) is 0 Å². The van der Waals surface area contributed by atoms with E-state index >= 15 is 0 Å². The van der Waals surface area contributed by atoms with Crippen LogP contribution in [0, 0.1) is 0 Å². The van der Waals surface area contributed by atoms with E-state index in [0.717, 1.165) is 16.0 Å². The Hall–Kier alpha value is -1.69. The molecule has 0 aliphatic rings. The van der Waals surface area contributed by atoms with Crippen LogP contribution in [0.15, 0.2) is 17.8 Å². The lowest BCUT2D eigenvalue weighted by Crippen LogP contribution is -2.34. The molecule has 0 saturated carbocycles. The van der Waals surface area contributed by atoms with E-state index in [9.17, 15) is 4.79 Å². The lowest BCUT2D eigenvalue weighted by Gasteiger charge is -2.20. The van der Waals surface area contributed by atoms with Gasteiger partial charge in [0.1, 0.15) is 12.1 Å². The van der Waals surface area contributed by atoms with Gasteiger partial charge in [-0.15, -0.1) is 11.3 Å². The predicted molar refractivity (Wildman–Crippen MR) is 69.4 cm³/mol. The highest BCUT2D eigenvalue weighted by Gasteiger charge is 2.13.